The lowest BCUT2D eigenvalue weighted by Crippen LogP contribution is -2.23. The number of carbonyl (C=O) groups is 1. The molecule has 0 N–H and O–H groups in total. The normalized spacial score (nSPS) is 11.6. The number of methoxy groups -OCH3 is 1. The predicted octanol–water partition coefficient (Wildman–Crippen LogP) is 2.59. The Bertz CT molecular complexity index is 375. The van der Waals surface area contributed by atoms with Crippen LogP contribution in [0, 0.1) is 0 Å². The van der Waals surface area contributed by atoms with E-state index in [0.717, 1.165) is 5.75 Å². The van der Waals surface area contributed by atoms with Crippen LogP contribution in [0.2, 0.25) is 0 Å². The number of esters is 1. The maximum atomic E-state index is 11.1. The van der Waals surface area contributed by atoms with Crippen molar-refractivity contribution < 1.29 is 19.0 Å². The summed E-state index contributed by atoms with van der Waals surface area (Å²) in [6.07, 6.45) is 2.40. The molecule has 0 spiro atoms. The lowest BCUT2D eigenvalue weighted by molar-refractivity contribution is -0.141. The van der Waals surface area contributed by atoms with Crippen molar-refractivity contribution in [2.45, 2.75) is 18.9 Å². The molecule has 4 nitrogen and oxygen atoms in total. The second-order valence-corrected chi connectivity index (χ2v) is 3.98. The SMILES string of the molecule is C=CCOC(CCC(=O)OC)COc1ccccc1. The zero-order chi connectivity index (χ0) is 13.9. The topological polar surface area (TPSA) is 44.8 Å². The van der Waals surface area contributed by atoms with Crippen LogP contribution in [0.25, 0.3) is 0 Å². The molecule has 0 saturated heterocycles. The molecule has 1 rings (SSSR count). The van der Waals surface area contributed by atoms with Crippen LogP contribution in [-0.4, -0.2) is 32.4 Å². The number of hydrogen-bond donors (Lipinski definition) is 0. The second kappa shape index (κ2) is 9.16. The average Bonchev–Trinajstić information content (AvgIpc) is 2.47. The van der Waals surface area contributed by atoms with Crippen molar-refractivity contribution in [2.24, 2.45) is 0 Å². The highest BCUT2D eigenvalue weighted by Crippen LogP contribution is 2.11. The summed E-state index contributed by atoms with van der Waals surface area (Å²) in [6, 6.07) is 9.50. The van der Waals surface area contributed by atoms with E-state index in [-0.39, 0.29) is 12.1 Å². The molecule has 4 heteroatoms. The van der Waals surface area contributed by atoms with Gasteiger partial charge < -0.3 is 14.2 Å². The first-order valence-corrected chi connectivity index (χ1v) is 6.23. The molecule has 0 amide bonds. The first kappa shape index (κ1) is 15.2. The summed E-state index contributed by atoms with van der Waals surface area (Å²) in [7, 11) is 1.38. The summed E-state index contributed by atoms with van der Waals surface area (Å²) in [5, 5.41) is 0. The largest absolute Gasteiger partial charge is 0.491 e. The van der Waals surface area contributed by atoms with Gasteiger partial charge in [0.15, 0.2) is 0 Å². The molecule has 1 aromatic rings. The molecule has 1 aromatic carbocycles. The van der Waals surface area contributed by atoms with Gasteiger partial charge in [0.2, 0.25) is 0 Å². The molecule has 1 unspecified atom stereocenters. The van der Waals surface area contributed by atoms with Gasteiger partial charge >= 0.3 is 5.97 Å². The van der Waals surface area contributed by atoms with Crippen molar-refractivity contribution in [3.63, 3.8) is 0 Å². The predicted molar refractivity (Wildman–Crippen MR) is 73.1 cm³/mol. The van der Waals surface area contributed by atoms with Gasteiger partial charge in [-0.1, -0.05) is 24.3 Å². The number of para-hydroxylation sites is 1. The number of ether oxygens (including phenoxy) is 3. The van der Waals surface area contributed by atoms with Gasteiger partial charge in [-0.25, -0.2) is 0 Å². The zero-order valence-corrected chi connectivity index (χ0v) is 11.2. The van der Waals surface area contributed by atoms with E-state index in [1.165, 1.54) is 7.11 Å². The minimum Gasteiger partial charge on any atom is -0.491 e. The minimum absolute atomic E-state index is 0.155. The first-order valence-electron chi connectivity index (χ1n) is 6.23. The fourth-order valence-corrected chi connectivity index (χ4v) is 1.51. The lowest BCUT2D eigenvalue weighted by Gasteiger charge is -2.17. The van der Waals surface area contributed by atoms with Crippen LogP contribution in [0.1, 0.15) is 12.8 Å². The average molecular weight is 264 g/mol. The maximum absolute atomic E-state index is 11.1. The molecule has 0 bridgehead atoms. The molecule has 0 saturated carbocycles. The van der Waals surface area contributed by atoms with Crippen LogP contribution in [0.15, 0.2) is 43.0 Å². The van der Waals surface area contributed by atoms with Crippen molar-refractivity contribution >= 4 is 5.97 Å². The molecule has 0 aromatic heterocycles. The molecular formula is C15H20O4. The third kappa shape index (κ3) is 6.62. The zero-order valence-electron chi connectivity index (χ0n) is 11.2. The van der Waals surface area contributed by atoms with Crippen molar-refractivity contribution in [3.8, 4) is 5.75 Å². The number of carbonyl (C=O) groups excluding carboxylic acids is 1. The Kier molecular flexibility index (Phi) is 7.35. The van der Waals surface area contributed by atoms with Crippen molar-refractivity contribution in [2.75, 3.05) is 20.3 Å². The van der Waals surface area contributed by atoms with Crippen molar-refractivity contribution in [3.05, 3.63) is 43.0 Å². The number of benzene rings is 1. The Hall–Kier alpha value is -1.81. The maximum Gasteiger partial charge on any atom is 0.305 e. The quantitative estimate of drug-likeness (QED) is 0.508. The third-order valence-corrected chi connectivity index (χ3v) is 2.53. The van der Waals surface area contributed by atoms with Gasteiger partial charge in [-0.15, -0.1) is 6.58 Å². The van der Waals surface area contributed by atoms with E-state index in [0.29, 0.717) is 26.1 Å². The van der Waals surface area contributed by atoms with E-state index in [1.54, 1.807) is 6.08 Å². The van der Waals surface area contributed by atoms with Gasteiger partial charge in [-0.05, 0) is 18.6 Å². The highest BCUT2D eigenvalue weighted by molar-refractivity contribution is 5.69. The van der Waals surface area contributed by atoms with Gasteiger partial charge in [0.1, 0.15) is 12.4 Å². The van der Waals surface area contributed by atoms with E-state index in [2.05, 4.69) is 11.3 Å². The fraction of sp³-hybridized carbons (Fsp3) is 0.400. The van der Waals surface area contributed by atoms with Gasteiger partial charge in [0.25, 0.3) is 0 Å². The van der Waals surface area contributed by atoms with Crippen molar-refractivity contribution in [1.82, 2.24) is 0 Å². The third-order valence-electron chi connectivity index (χ3n) is 2.53. The lowest BCUT2D eigenvalue weighted by atomic mass is 10.2. The molecule has 1 atom stereocenters. The Morgan fingerprint density at radius 1 is 1.37 bits per heavy atom. The van der Waals surface area contributed by atoms with Crippen LogP contribution in [0.3, 0.4) is 0 Å². The molecule has 0 aliphatic carbocycles. The second-order valence-electron chi connectivity index (χ2n) is 3.98. The van der Waals surface area contributed by atoms with Crippen molar-refractivity contribution in [1.29, 1.82) is 0 Å². The molecule has 104 valence electrons. The van der Waals surface area contributed by atoms with Crippen LogP contribution < -0.4 is 4.74 Å². The monoisotopic (exact) mass is 264 g/mol. The van der Waals surface area contributed by atoms with Gasteiger partial charge in [-0.2, -0.15) is 0 Å². The van der Waals surface area contributed by atoms with E-state index in [1.807, 2.05) is 30.3 Å². The summed E-state index contributed by atoms with van der Waals surface area (Å²) >= 11 is 0. The highest BCUT2D eigenvalue weighted by atomic mass is 16.5. The van der Waals surface area contributed by atoms with Crippen LogP contribution in [0.5, 0.6) is 5.75 Å². The Labute approximate surface area is 114 Å². The Balaban J connectivity index is 2.39. The van der Waals surface area contributed by atoms with Gasteiger partial charge in [0, 0.05) is 6.42 Å². The summed E-state index contributed by atoms with van der Waals surface area (Å²) in [4.78, 5) is 11.1. The summed E-state index contributed by atoms with van der Waals surface area (Å²) in [6.45, 7) is 4.44. The van der Waals surface area contributed by atoms with E-state index >= 15 is 0 Å². The van der Waals surface area contributed by atoms with E-state index in [9.17, 15) is 4.79 Å². The summed E-state index contributed by atoms with van der Waals surface area (Å²) in [5.74, 6) is 0.541. The van der Waals surface area contributed by atoms with Gasteiger partial charge in [0.05, 0.1) is 19.8 Å². The summed E-state index contributed by atoms with van der Waals surface area (Å²) in [5.41, 5.74) is 0. The fourth-order valence-electron chi connectivity index (χ4n) is 1.51. The summed E-state index contributed by atoms with van der Waals surface area (Å²) < 4.78 is 15.8. The number of hydrogen-bond acceptors (Lipinski definition) is 4. The first-order chi connectivity index (χ1) is 9.26. The molecule has 0 aliphatic heterocycles. The standard InChI is InChI=1S/C15H20O4/c1-3-11-18-14(9-10-15(16)17-2)12-19-13-7-5-4-6-8-13/h3-8,14H,1,9-12H2,2H3. The highest BCUT2D eigenvalue weighted by Gasteiger charge is 2.12. The van der Waals surface area contributed by atoms with E-state index in [4.69, 9.17) is 9.47 Å². The number of rotatable bonds is 9. The van der Waals surface area contributed by atoms with E-state index < -0.39 is 0 Å². The molecule has 0 radical (unpaired) electrons. The minimum atomic E-state index is -0.244. The van der Waals surface area contributed by atoms with Gasteiger partial charge in [-0.3, -0.25) is 4.79 Å². The smallest absolute Gasteiger partial charge is 0.305 e. The molecule has 0 aliphatic rings. The van der Waals surface area contributed by atoms with Crippen LogP contribution >= 0.6 is 0 Å². The Morgan fingerprint density at radius 2 is 2.11 bits per heavy atom. The molecule has 0 heterocycles. The van der Waals surface area contributed by atoms with Crippen LogP contribution in [-0.2, 0) is 14.3 Å². The molecule has 19 heavy (non-hydrogen) atoms. The van der Waals surface area contributed by atoms with Crippen LogP contribution in [0.4, 0.5) is 0 Å². The Morgan fingerprint density at radius 3 is 2.74 bits per heavy atom. The molecule has 0 fully saturated rings. The molecular weight excluding hydrogens is 244 g/mol.